The fourth-order valence-corrected chi connectivity index (χ4v) is 1.57. The van der Waals surface area contributed by atoms with Crippen molar-refractivity contribution in [1.29, 1.82) is 0 Å². The molecule has 1 aromatic carbocycles. The topological polar surface area (TPSA) is 39.2 Å². The maximum Gasteiger partial charge on any atom is 0.356 e. The lowest BCUT2D eigenvalue weighted by atomic mass is 10.1. The van der Waals surface area contributed by atoms with E-state index in [9.17, 15) is 18.0 Å². The van der Waals surface area contributed by atoms with E-state index in [1.165, 1.54) is 18.2 Å². The molecule has 1 aromatic heterocycles. The number of hydrogen-bond acceptors (Lipinski definition) is 3. The Balaban J connectivity index is 2.52. The van der Waals surface area contributed by atoms with Gasteiger partial charge in [0.2, 0.25) is 5.95 Å². The molecule has 0 atom stereocenters. The zero-order valence-corrected chi connectivity index (χ0v) is 9.78. The van der Waals surface area contributed by atoms with Crippen LogP contribution < -0.4 is 0 Å². The van der Waals surface area contributed by atoms with Crippen LogP contribution in [0.15, 0.2) is 30.3 Å². The summed E-state index contributed by atoms with van der Waals surface area (Å²) in [5.41, 5.74) is -0.744. The van der Waals surface area contributed by atoms with Gasteiger partial charge in [-0.2, -0.15) is 4.39 Å². The van der Waals surface area contributed by atoms with Gasteiger partial charge >= 0.3 is 5.97 Å². The zero-order valence-electron chi connectivity index (χ0n) is 9.78. The largest absolute Gasteiger partial charge is 0.464 e. The highest BCUT2D eigenvalue weighted by atomic mass is 19.2. The smallest absolute Gasteiger partial charge is 0.356 e. The van der Waals surface area contributed by atoms with Gasteiger partial charge in [0.15, 0.2) is 17.3 Å². The number of rotatable bonds is 2. The Hall–Kier alpha value is -2.37. The molecule has 3 nitrogen and oxygen atoms in total. The van der Waals surface area contributed by atoms with Gasteiger partial charge in [0.05, 0.1) is 7.11 Å². The SMILES string of the molecule is COC(=O)c1ccc(-c2cccc(F)c2F)c(F)n1. The minimum absolute atomic E-state index is 0.232. The van der Waals surface area contributed by atoms with Gasteiger partial charge in [-0.25, -0.2) is 18.6 Å². The van der Waals surface area contributed by atoms with E-state index < -0.39 is 23.6 Å². The predicted molar refractivity (Wildman–Crippen MR) is 60.9 cm³/mol. The Morgan fingerprint density at radius 1 is 1.11 bits per heavy atom. The third-order valence-corrected chi connectivity index (χ3v) is 2.49. The summed E-state index contributed by atoms with van der Waals surface area (Å²) in [6.07, 6.45) is 0. The molecule has 1 heterocycles. The lowest BCUT2D eigenvalue weighted by molar-refractivity contribution is 0.0592. The molecular formula is C13H8F3NO2. The van der Waals surface area contributed by atoms with Crippen LogP contribution >= 0.6 is 0 Å². The lowest BCUT2D eigenvalue weighted by Gasteiger charge is -2.06. The van der Waals surface area contributed by atoms with Crippen LogP contribution in [0.4, 0.5) is 13.2 Å². The first-order chi connectivity index (χ1) is 9.04. The van der Waals surface area contributed by atoms with Crippen molar-refractivity contribution in [3.63, 3.8) is 0 Å². The van der Waals surface area contributed by atoms with Crippen LogP contribution in [0.1, 0.15) is 10.5 Å². The summed E-state index contributed by atoms with van der Waals surface area (Å²) in [6.45, 7) is 0. The number of benzene rings is 1. The molecule has 0 aliphatic carbocycles. The second-order valence-electron chi connectivity index (χ2n) is 3.63. The second-order valence-corrected chi connectivity index (χ2v) is 3.63. The third-order valence-electron chi connectivity index (χ3n) is 2.49. The first-order valence-corrected chi connectivity index (χ1v) is 5.24. The van der Waals surface area contributed by atoms with E-state index in [2.05, 4.69) is 9.72 Å². The van der Waals surface area contributed by atoms with Crippen molar-refractivity contribution in [3.8, 4) is 11.1 Å². The van der Waals surface area contributed by atoms with Crippen LogP contribution in [0, 0.1) is 17.6 Å². The summed E-state index contributed by atoms with van der Waals surface area (Å²) < 4.78 is 44.7. The van der Waals surface area contributed by atoms with Crippen LogP contribution in [-0.4, -0.2) is 18.1 Å². The highest BCUT2D eigenvalue weighted by Crippen LogP contribution is 2.26. The number of carbonyl (C=O) groups excluding carboxylic acids is 1. The summed E-state index contributed by atoms with van der Waals surface area (Å²) in [6, 6.07) is 5.71. The summed E-state index contributed by atoms with van der Waals surface area (Å²) in [5.74, 6) is -4.15. The van der Waals surface area contributed by atoms with Gasteiger partial charge in [-0.05, 0) is 18.2 Å². The molecule has 0 saturated carbocycles. The molecule has 6 heteroatoms. The van der Waals surface area contributed by atoms with E-state index in [1.54, 1.807) is 0 Å². The van der Waals surface area contributed by atoms with Crippen LogP contribution in [0.2, 0.25) is 0 Å². The number of hydrogen-bond donors (Lipinski definition) is 0. The standard InChI is InChI=1S/C13H8F3NO2/c1-19-13(18)10-6-5-8(12(16)17-10)7-3-2-4-9(14)11(7)15/h2-6H,1H3. The highest BCUT2D eigenvalue weighted by molar-refractivity contribution is 5.87. The summed E-state index contributed by atoms with van der Waals surface area (Å²) in [7, 11) is 1.13. The first-order valence-electron chi connectivity index (χ1n) is 5.24. The number of ether oxygens (including phenoxy) is 1. The average molecular weight is 267 g/mol. The molecule has 0 aliphatic rings. The molecule has 0 fully saturated rings. The number of nitrogens with zero attached hydrogens (tertiary/aromatic N) is 1. The van der Waals surface area contributed by atoms with E-state index in [1.807, 2.05) is 0 Å². The maximum atomic E-state index is 13.7. The van der Waals surface area contributed by atoms with Gasteiger partial charge in [0, 0.05) is 11.1 Å². The third kappa shape index (κ3) is 2.42. The molecule has 0 bridgehead atoms. The number of carbonyl (C=O) groups is 1. The van der Waals surface area contributed by atoms with Crippen LogP contribution in [0.25, 0.3) is 11.1 Å². The Kier molecular flexibility index (Phi) is 3.50. The number of halogens is 3. The van der Waals surface area contributed by atoms with Gasteiger partial charge in [-0.3, -0.25) is 0 Å². The average Bonchev–Trinajstić information content (AvgIpc) is 2.41. The molecular weight excluding hydrogens is 259 g/mol. The van der Waals surface area contributed by atoms with Crippen molar-refractivity contribution in [2.75, 3.05) is 7.11 Å². The first kappa shape index (κ1) is 13.1. The van der Waals surface area contributed by atoms with E-state index >= 15 is 0 Å². The molecule has 98 valence electrons. The van der Waals surface area contributed by atoms with Gasteiger partial charge in [-0.15, -0.1) is 0 Å². The molecule has 2 aromatic rings. The number of esters is 1. The highest BCUT2D eigenvalue weighted by Gasteiger charge is 2.16. The number of pyridine rings is 1. The Bertz CT molecular complexity index is 644. The van der Waals surface area contributed by atoms with Gasteiger partial charge in [-0.1, -0.05) is 12.1 Å². The Morgan fingerprint density at radius 2 is 1.84 bits per heavy atom. The number of methoxy groups -OCH3 is 1. The summed E-state index contributed by atoms with van der Waals surface area (Å²) >= 11 is 0. The van der Waals surface area contributed by atoms with Crippen molar-refractivity contribution in [2.24, 2.45) is 0 Å². The fraction of sp³-hybridized carbons (Fsp3) is 0.0769. The van der Waals surface area contributed by atoms with Crippen molar-refractivity contribution in [1.82, 2.24) is 4.98 Å². The van der Waals surface area contributed by atoms with E-state index in [0.29, 0.717) is 0 Å². The quantitative estimate of drug-likeness (QED) is 0.620. The normalized spacial score (nSPS) is 10.3. The monoisotopic (exact) mass is 267 g/mol. The predicted octanol–water partition coefficient (Wildman–Crippen LogP) is 2.95. The minimum atomic E-state index is -1.17. The molecule has 0 radical (unpaired) electrons. The molecule has 0 spiro atoms. The van der Waals surface area contributed by atoms with Crippen LogP contribution in [-0.2, 0) is 4.74 Å². The molecule has 0 unspecified atom stereocenters. The summed E-state index contributed by atoms with van der Waals surface area (Å²) in [5, 5.41) is 0. The summed E-state index contributed by atoms with van der Waals surface area (Å²) in [4.78, 5) is 14.5. The lowest BCUT2D eigenvalue weighted by Crippen LogP contribution is -2.06. The van der Waals surface area contributed by atoms with Gasteiger partial charge in [0.1, 0.15) is 0 Å². The number of aromatic nitrogens is 1. The van der Waals surface area contributed by atoms with Crippen LogP contribution in [0.5, 0.6) is 0 Å². The van der Waals surface area contributed by atoms with Crippen LogP contribution in [0.3, 0.4) is 0 Å². The van der Waals surface area contributed by atoms with Crippen molar-refractivity contribution in [3.05, 3.63) is 53.6 Å². The Morgan fingerprint density at radius 3 is 2.47 bits per heavy atom. The van der Waals surface area contributed by atoms with Crippen molar-refractivity contribution >= 4 is 5.97 Å². The molecule has 0 saturated heterocycles. The molecule has 0 aliphatic heterocycles. The van der Waals surface area contributed by atoms with E-state index in [0.717, 1.165) is 19.2 Å². The maximum absolute atomic E-state index is 13.7. The minimum Gasteiger partial charge on any atom is -0.464 e. The second kappa shape index (κ2) is 5.09. The van der Waals surface area contributed by atoms with Crippen molar-refractivity contribution < 1.29 is 22.7 Å². The molecule has 0 amide bonds. The zero-order chi connectivity index (χ0) is 14.0. The molecule has 0 N–H and O–H groups in total. The molecule has 2 rings (SSSR count). The molecule has 19 heavy (non-hydrogen) atoms. The van der Waals surface area contributed by atoms with Gasteiger partial charge < -0.3 is 4.74 Å². The fourth-order valence-electron chi connectivity index (χ4n) is 1.57. The van der Waals surface area contributed by atoms with Crippen molar-refractivity contribution in [2.45, 2.75) is 0 Å². The Labute approximate surface area is 106 Å². The van der Waals surface area contributed by atoms with E-state index in [-0.39, 0.29) is 16.8 Å². The van der Waals surface area contributed by atoms with E-state index in [4.69, 9.17) is 0 Å². The van der Waals surface area contributed by atoms with Gasteiger partial charge in [0.25, 0.3) is 0 Å².